The molecule has 0 bridgehead atoms. The predicted molar refractivity (Wildman–Crippen MR) is 151 cm³/mol. The number of nitrogens with zero attached hydrogens (tertiary/aromatic N) is 4. The zero-order valence-corrected chi connectivity index (χ0v) is 22.7. The van der Waals surface area contributed by atoms with Gasteiger partial charge in [-0.25, -0.2) is 4.79 Å². The summed E-state index contributed by atoms with van der Waals surface area (Å²) in [5.74, 6) is 0.338. The van der Waals surface area contributed by atoms with E-state index in [4.69, 9.17) is 4.74 Å². The van der Waals surface area contributed by atoms with Gasteiger partial charge in [0.1, 0.15) is 18.0 Å². The van der Waals surface area contributed by atoms with Crippen molar-refractivity contribution >= 4 is 23.9 Å². The molecule has 0 unspecified atom stereocenters. The number of carbonyl (C=O) groups is 3. The van der Waals surface area contributed by atoms with Crippen molar-refractivity contribution in [2.45, 2.75) is 25.3 Å². The molecule has 0 saturated carbocycles. The van der Waals surface area contributed by atoms with Crippen molar-refractivity contribution in [3.05, 3.63) is 108 Å². The number of hydrazine groups is 1. The number of nitrogens with one attached hydrogen (secondary N) is 1. The summed E-state index contributed by atoms with van der Waals surface area (Å²) in [5, 5.41) is 6.11. The molecule has 0 aliphatic carbocycles. The van der Waals surface area contributed by atoms with E-state index in [2.05, 4.69) is 11.9 Å². The van der Waals surface area contributed by atoms with Gasteiger partial charge in [0, 0.05) is 25.7 Å². The summed E-state index contributed by atoms with van der Waals surface area (Å²) in [5.41, 5.74) is 3.45. The number of rotatable bonds is 8. The van der Waals surface area contributed by atoms with Gasteiger partial charge in [-0.15, -0.1) is 0 Å². The minimum Gasteiger partial charge on any atom is -0.496 e. The van der Waals surface area contributed by atoms with Crippen LogP contribution in [0.1, 0.15) is 28.3 Å². The molecule has 5 rings (SSSR count). The van der Waals surface area contributed by atoms with Crippen LogP contribution in [-0.4, -0.2) is 71.1 Å². The highest BCUT2D eigenvalue weighted by atomic mass is 16.5. The summed E-state index contributed by atoms with van der Waals surface area (Å²) in [6.45, 7) is 4.81. The molecule has 9 heteroatoms. The minimum atomic E-state index is -0.796. The topological polar surface area (TPSA) is 85.4 Å². The second-order valence-corrected chi connectivity index (χ2v) is 9.86. The Hall–Kier alpha value is -4.63. The van der Waals surface area contributed by atoms with Crippen molar-refractivity contribution in [3.8, 4) is 5.75 Å². The number of urea groups is 1. The van der Waals surface area contributed by atoms with Crippen LogP contribution in [0.15, 0.2) is 85.4 Å². The number of hydrogen-bond donors (Lipinski definition) is 1. The number of carbonyl (C=O) groups excluding carboxylic acids is 3. The van der Waals surface area contributed by atoms with E-state index in [1.54, 1.807) is 35.0 Å². The molecule has 1 N–H and O–H groups in total. The Morgan fingerprint density at radius 3 is 2.42 bits per heavy atom. The standard InChI is InChI=1S/C31H33N5O4/c1-4-24-17-23(15-16-26(24)40-3)19-34-20-27-35(33(2)31(39)32-18-22-11-7-5-8-12-22)21-28(37)36(27)29(30(34)38)25-13-9-6-10-14-25/h4-17,27,29H,1,18-21H2,2-3H3,(H,32,39)/t27-,29+/m1/s1. The molecule has 40 heavy (non-hydrogen) atoms. The quantitative estimate of drug-likeness (QED) is 0.473. The highest BCUT2D eigenvalue weighted by Gasteiger charge is 2.52. The zero-order valence-electron chi connectivity index (χ0n) is 22.7. The fourth-order valence-corrected chi connectivity index (χ4v) is 5.37. The summed E-state index contributed by atoms with van der Waals surface area (Å²) in [6.07, 6.45) is 1.20. The third-order valence-electron chi connectivity index (χ3n) is 7.43. The summed E-state index contributed by atoms with van der Waals surface area (Å²) in [4.78, 5) is 43.9. The first-order valence-electron chi connectivity index (χ1n) is 13.2. The van der Waals surface area contributed by atoms with Crippen LogP contribution in [0.4, 0.5) is 4.79 Å². The molecule has 0 radical (unpaired) electrons. The van der Waals surface area contributed by atoms with Gasteiger partial charge in [-0.3, -0.25) is 14.6 Å². The Kier molecular flexibility index (Phi) is 7.84. The summed E-state index contributed by atoms with van der Waals surface area (Å²) >= 11 is 0. The van der Waals surface area contributed by atoms with Crippen LogP contribution < -0.4 is 10.1 Å². The molecule has 2 atom stereocenters. The highest BCUT2D eigenvalue weighted by Crippen LogP contribution is 2.36. The number of amides is 4. The van der Waals surface area contributed by atoms with E-state index in [0.29, 0.717) is 18.8 Å². The lowest BCUT2D eigenvalue weighted by atomic mass is 9.99. The Balaban J connectivity index is 1.42. The van der Waals surface area contributed by atoms with E-state index in [-0.39, 0.29) is 30.9 Å². The average molecular weight is 540 g/mol. The molecule has 2 heterocycles. The molecule has 2 saturated heterocycles. The lowest BCUT2D eigenvalue weighted by molar-refractivity contribution is -0.157. The lowest BCUT2D eigenvalue weighted by Gasteiger charge is -2.45. The molecule has 3 aromatic rings. The Morgan fingerprint density at radius 1 is 1.05 bits per heavy atom. The minimum absolute atomic E-state index is 0.00642. The number of methoxy groups -OCH3 is 1. The maximum Gasteiger partial charge on any atom is 0.332 e. The van der Waals surface area contributed by atoms with Crippen LogP contribution >= 0.6 is 0 Å². The second kappa shape index (κ2) is 11.6. The van der Waals surface area contributed by atoms with E-state index in [1.165, 1.54) is 5.01 Å². The van der Waals surface area contributed by atoms with Crippen molar-refractivity contribution in [1.82, 2.24) is 25.1 Å². The van der Waals surface area contributed by atoms with Gasteiger partial charge >= 0.3 is 6.03 Å². The van der Waals surface area contributed by atoms with E-state index >= 15 is 0 Å². The van der Waals surface area contributed by atoms with Gasteiger partial charge in [0.2, 0.25) is 5.91 Å². The van der Waals surface area contributed by atoms with Gasteiger partial charge < -0.3 is 19.9 Å². The van der Waals surface area contributed by atoms with Crippen molar-refractivity contribution in [1.29, 1.82) is 0 Å². The molecule has 206 valence electrons. The van der Waals surface area contributed by atoms with Crippen LogP contribution in [0.3, 0.4) is 0 Å². The number of benzene rings is 3. The van der Waals surface area contributed by atoms with E-state index in [0.717, 1.165) is 22.3 Å². The fraction of sp³-hybridized carbons (Fsp3) is 0.258. The van der Waals surface area contributed by atoms with E-state index < -0.39 is 12.2 Å². The van der Waals surface area contributed by atoms with Gasteiger partial charge in [0.15, 0.2) is 0 Å². The number of piperazine rings is 1. The molecule has 9 nitrogen and oxygen atoms in total. The maximum atomic E-state index is 13.9. The number of fused-ring (bicyclic) bond motifs is 1. The molecular formula is C31H33N5O4. The first kappa shape index (κ1) is 27.0. The van der Waals surface area contributed by atoms with Crippen molar-refractivity contribution in [3.63, 3.8) is 0 Å². The van der Waals surface area contributed by atoms with Crippen molar-refractivity contribution in [2.24, 2.45) is 0 Å². The van der Waals surface area contributed by atoms with Crippen LogP contribution in [0.2, 0.25) is 0 Å². The largest absolute Gasteiger partial charge is 0.496 e. The molecule has 4 amide bonds. The van der Waals surface area contributed by atoms with E-state index in [1.807, 2.05) is 78.9 Å². The van der Waals surface area contributed by atoms with Gasteiger partial charge in [-0.05, 0) is 28.8 Å². The molecule has 0 spiro atoms. The maximum absolute atomic E-state index is 13.9. The average Bonchev–Trinajstić information content (AvgIpc) is 3.32. The first-order valence-corrected chi connectivity index (χ1v) is 13.2. The van der Waals surface area contributed by atoms with Crippen molar-refractivity contribution in [2.75, 3.05) is 27.2 Å². The van der Waals surface area contributed by atoms with Gasteiger partial charge in [-0.1, -0.05) is 79.4 Å². The smallest absolute Gasteiger partial charge is 0.332 e. The molecule has 2 aliphatic heterocycles. The molecule has 2 aliphatic rings. The third-order valence-corrected chi connectivity index (χ3v) is 7.43. The first-order chi connectivity index (χ1) is 19.4. The van der Waals surface area contributed by atoms with Gasteiger partial charge in [-0.2, -0.15) is 5.01 Å². The molecule has 0 aromatic heterocycles. The SMILES string of the molecule is C=Cc1cc(CN2C[C@H]3N(C(=O)CN3N(C)C(=O)NCc3ccccc3)[C@@H](c3ccccc3)C2=O)ccc1OC. The van der Waals surface area contributed by atoms with Crippen LogP contribution in [0, 0.1) is 0 Å². The monoisotopic (exact) mass is 539 g/mol. The Morgan fingerprint density at radius 2 is 1.75 bits per heavy atom. The summed E-state index contributed by atoms with van der Waals surface area (Å²) < 4.78 is 5.41. The zero-order chi connectivity index (χ0) is 28.2. The predicted octanol–water partition coefficient (Wildman–Crippen LogP) is 3.65. The van der Waals surface area contributed by atoms with Gasteiger partial charge in [0.05, 0.1) is 20.2 Å². The fourth-order valence-electron chi connectivity index (χ4n) is 5.37. The van der Waals surface area contributed by atoms with Crippen LogP contribution in [0.5, 0.6) is 5.75 Å². The Labute approximate surface area is 234 Å². The molecule has 3 aromatic carbocycles. The second-order valence-electron chi connectivity index (χ2n) is 9.86. The van der Waals surface area contributed by atoms with Gasteiger partial charge in [0.25, 0.3) is 5.91 Å². The third kappa shape index (κ3) is 5.28. The Bertz CT molecular complexity index is 1400. The summed E-state index contributed by atoms with van der Waals surface area (Å²) in [6, 6.07) is 23.5. The van der Waals surface area contributed by atoms with Crippen molar-refractivity contribution < 1.29 is 19.1 Å². The van der Waals surface area contributed by atoms with Crippen LogP contribution in [-0.2, 0) is 22.7 Å². The normalized spacial score (nSPS) is 18.9. The van der Waals surface area contributed by atoms with E-state index in [9.17, 15) is 14.4 Å². The van der Waals surface area contributed by atoms with Crippen LogP contribution in [0.25, 0.3) is 6.08 Å². The summed E-state index contributed by atoms with van der Waals surface area (Å²) in [7, 11) is 3.25. The lowest BCUT2D eigenvalue weighted by Crippen LogP contribution is -2.62. The highest BCUT2D eigenvalue weighted by molar-refractivity contribution is 5.92. The molecule has 2 fully saturated rings. The number of ether oxygens (including phenoxy) is 1. The number of hydrogen-bond acceptors (Lipinski definition) is 5. The molecular weight excluding hydrogens is 506 g/mol.